The molecule has 0 bridgehead atoms. The molecule has 4 heteroatoms. The Morgan fingerprint density at radius 1 is 1.29 bits per heavy atom. The molecule has 0 fully saturated rings. The van der Waals surface area contributed by atoms with Gasteiger partial charge in [0.1, 0.15) is 11.5 Å². The van der Waals surface area contributed by atoms with Crippen molar-refractivity contribution < 1.29 is 9.47 Å². The van der Waals surface area contributed by atoms with Gasteiger partial charge in [0.25, 0.3) is 0 Å². The molecule has 0 saturated heterocycles. The van der Waals surface area contributed by atoms with Crippen molar-refractivity contribution in [3.63, 3.8) is 0 Å². The van der Waals surface area contributed by atoms with Crippen molar-refractivity contribution in [2.45, 2.75) is 20.4 Å². The van der Waals surface area contributed by atoms with Crippen molar-refractivity contribution in [3.05, 3.63) is 36.2 Å². The van der Waals surface area contributed by atoms with Gasteiger partial charge in [0.15, 0.2) is 0 Å². The molecule has 17 heavy (non-hydrogen) atoms. The lowest BCUT2D eigenvalue weighted by molar-refractivity contribution is 0.396. The first-order valence-electron chi connectivity index (χ1n) is 5.58. The molecule has 0 unspecified atom stereocenters. The molecule has 0 aliphatic heterocycles. The van der Waals surface area contributed by atoms with Crippen molar-refractivity contribution in [1.82, 2.24) is 9.55 Å². The molecule has 0 aliphatic rings. The third kappa shape index (κ3) is 2.58. The van der Waals surface area contributed by atoms with Gasteiger partial charge in [-0.3, -0.25) is 0 Å². The van der Waals surface area contributed by atoms with E-state index in [-0.39, 0.29) is 0 Å². The molecule has 1 heterocycles. The van der Waals surface area contributed by atoms with Crippen LogP contribution in [0.15, 0.2) is 30.5 Å². The van der Waals surface area contributed by atoms with Crippen molar-refractivity contribution in [3.8, 4) is 17.5 Å². The molecule has 0 N–H and O–H groups in total. The van der Waals surface area contributed by atoms with Crippen LogP contribution in [0.2, 0.25) is 0 Å². The molecule has 90 valence electrons. The maximum Gasteiger partial charge on any atom is 0.302 e. The Morgan fingerprint density at radius 2 is 2.06 bits per heavy atom. The van der Waals surface area contributed by atoms with Crippen LogP contribution in [0.5, 0.6) is 17.5 Å². The summed E-state index contributed by atoms with van der Waals surface area (Å²) in [6.45, 7) is 4.84. The van der Waals surface area contributed by atoms with Crippen LogP contribution in [-0.2, 0) is 6.54 Å². The predicted molar refractivity (Wildman–Crippen MR) is 65.7 cm³/mol. The summed E-state index contributed by atoms with van der Waals surface area (Å²) in [6, 6.07) is 8.10. The van der Waals surface area contributed by atoms with E-state index in [1.54, 1.807) is 7.11 Å². The minimum absolute atomic E-state index is 0.609. The van der Waals surface area contributed by atoms with E-state index in [2.05, 4.69) is 11.9 Å². The molecule has 1 aromatic carbocycles. The number of benzene rings is 1. The monoisotopic (exact) mass is 232 g/mol. The van der Waals surface area contributed by atoms with Gasteiger partial charge in [-0.25, -0.2) is 4.98 Å². The van der Waals surface area contributed by atoms with Crippen LogP contribution >= 0.6 is 0 Å². The van der Waals surface area contributed by atoms with Gasteiger partial charge in [-0.15, -0.1) is 0 Å². The average molecular weight is 232 g/mol. The molecule has 0 atom stereocenters. The molecule has 4 nitrogen and oxygen atoms in total. The number of rotatable bonds is 4. The number of hydrogen-bond donors (Lipinski definition) is 0. The van der Waals surface area contributed by atoms with Crippen LogP contribution in [0.4, 0.5) is 0 Å². The van der Waals surface area contributed by atoms with Gasteiger partial charge in [-0.05, 0) is 26.0 Å². The normalized spacial score (nSPS) is 10.3. The number of nitrogens with zero attached hydrogens (tertiary/aromatic N) is 2. The van der Waals surface area contributed by atoms with Crippen molar-refractivity contribution in [1.29, 1.82) is 0 Å². The number of hydrogen-bond acceptors (Lipinski definition) is 3. The van der Waals surface area contributed by atoms with E-state index in [1.807, 2.05) is 42.0 Å². The summed E-state index contributed by atoms with van der Waals surface area (Å²) < 4.78 is 12.8. The minimum Gasteiger partial charge on any atom is -0.497 e. The fraction of sp³-hybridized carbons (Fsp3) is 0.308. The SMILES string of the molecule is CCn1cc(C)nc1Oc1cccc(OC)c1. The molecular weight excluding hydrogens is 216 g/mol. The maximum atomic E-state index is 5.74. The number of aryl methyl sites for hydroxylation is 2. The lowest BCUT2D eigenvalue weighted by atomic mass is 10.3. The third-order valence-corrected chi connectivity index (χ3v) is 2.45. The zero-order valence-corrected chi connectivity index (χ0v) is 10.3. The number of aromatic nitrogens is 2. The standard InChI is InChI=1S/C13H16N2O2/c1-4-15-9-10(2)14-13(15)17-12-7-5-6-11(8-12)16-3/h5-9H,4H2,1-3H3. The Labute approximate surface area is 101 Å². The Hall–Kier alpha value is -1.97. The summed E-state index contributed by atoms with van der Waals surface area (Å²) >= 11 is 0. The lowest BCUT2D eigenvalue weighted by Gasteiger charge is -2.07. The molecule has 0 radical (unpaired) electrons. The van der Waals surface area contributed by atoms with Gasteiger partial charge in [0.05, 0.1) is 12.8 Å². The smallest absolute Gasteiger partial charge is 0.302 e. The number of imidazole rings is 1. The van der Waals surface area contributed by atoms with Gasteiger partial charge in [0.2, 0.25) is 0 Å². The Kier molecular flexibility index (Phi) is 3.32. The summed E-state index contributed by atoms with van der Waals surface area (Å²) in [5, 5.41) is 0. The highest BCUT2D eigenvalue weighted by atomic mass is 16.5. The Bertz CT molecular complexity index is 506. The summed E-state index contributed by atoms with van der Waals surface area (Å²) in [4.78, 5) is 4.33. The number of methoxy groups -OCH3 is 1. The van der Waals surface area contributed by atoms with Crippen LogP contribution in [0.1, 0.15) is 12.6 Å². The highest BCUT2D eigenvalue weighted by Gasteiger charge is 2.07. The van der Waals surface area contributed by atoms with E-state index in [1.165, 1.54) is 0 Å². The van der Waals surface area contributed by atoms with Gasteiger partial charge < -0.3 is 14.0 Å². The number of ether oxygens (including phenoxy) is 2. The quantitative estimate of drug-likeness (QED) is 0.813. The molecule has 0 saturated carbocycles. The van der Waals surface area contributed by atoms with Crippen LogP contribution in [0, 0.1) is 6.92 Å². The van der Waals surface area contributed by atoms with E-state index in [9.17, 15) is 0 Å². The van der Waals surface area contributed by atoms with Gasteiger partial charge >= 0.3 is 6.01 Å². The molecular formula is C13H16N2O2. The van der Waals surface area contributed by atoms with E-state index >= 15 is 0 Å². The Balaban J connectivity index is 2.24. The van der Waals surface area contributed by atoms with E-state index in [0.29, 0.717) is 6.01 Å². The summed E-state index contributed by atoms with van der Waals surface area (Å²) in [5.74, 6) is 1.50. The van der Waals surface area contributed by atoms with Crippen molar-refractivity contribution >= 4 is 0 Å². The van der Waals surface area contributed by atoms with Gasteiger partial charge in [0, 0.05) is 18.8 Å². The summed E-state index contributed by atoms with van der Waals surface area (Å²) in [6.07, 6.45) is 1.97. The van der Waals surface area contributed by atoms with E-state index < -0.39 is 0 Å². The first-order valence-corrected chi connectivity index (χ1v) is 5.58. The second-order valence-electron chi connectivity index (χ2n) is 3.73. The second kappa shape index (κ2) is 4.91. The second-order valence-corrected chi connectivity index (χ2v) is 3.73. The predicted octanol–water partition coefficient (Wildman–Crippen LogP) is 3.01. The van der Waals surface area contributed by atoms with Crippen LogP contribution in [0.3, 0.4) is 0 Å². The van der Waals surface area contributed by atoms with Gasteiger partial charge in [-0.1, -0.05) is 6.07 Å². The molecule has 2 rings (SSSR count). The van der Waals surface area contributed by atoms with Crippen LogP contribution in [0.25, 0.3) is 0 Å². The highest BCUT2D eigenvalue weighted by molar-refractivity contribution is 5.34. The first-order chi connectivity index (χ1) is 8.22. The molecule has 2 aromatic rings. The minimum atomic E-state index is 0.609. The lowest BCUT2D eigenvalue weighted by Crippen LogP contribution is -1.97. The van der Waals surface area contributed by atoms with E-state index in [0.717, 1.165) is 23.7 Å². The summed E-state index contributed by atoms with van der Waals surface area (Å²) in [7, 11) is 1.64. The average Bonchev–Trinajstić information content (AvgIpc) is 2.69. The topological polar surface area (TPSA) is 36.3 Å². The van der Waals surface area contributed by atoms with Crippen molar-refractivity contribution in [2.24, 2.45) is 0 Å². The largest absolute Gasteiger partial charge is 0.497 e. The zero-order valence-electron chi connectivity index (χ0n) is 10.3. The van der Waals surface area contributed by atoms with Crippen LogP contribution < -0.4 is 9.47 Å². The zero-order chi connectivity index (χ0) is 12.3. The fourth-order valence-corrected chi connectivity index (χ4v) is 1.60. The first kappa shape index (κ1) is 11.5. The molecule has 0 amide bonds. The highest BCUT2D eigenvalue weighted by Crippen LogP contribution is 2.24. The van der Waals surface area contributed by atoms with E-state index in [4.69, 9.17) is 9.47 Å². The Morgan fingerprint density at radius 3 is 2.76 bits per heavy atom. The van der Waals surface area contributed by atoms with Crippen molar-refractivity contribution in [2.75, 3.05) is 7.11 Å². The maximum absolute atomic E-state index is 5.74. The summed E-state index contributed by atoms with van der Waals surface area (Å²) in [5.41, 5.74) is 0.949. The molecule has 0 aliphatic carbocycles. The molecule has 0 spiro atoms. The fourth-order valence-electron chi connectivity index (χ4n) is 1.60. The third-order valence-electron chi connectivity index (χ3n) is 2.45. The molecule has 1 aromatic heterocycles. The van der Waals surface area contributed by atoms with Gasteiger partial charge in [-0.2, -0.15) is 0 Å². The van der Waals surface area contributed by atoms with Crippen LogP contribution in [-0.4, -0.2) is 16.7 Å².